The van der Waals surface area contributed by atoms with Crippen LogP contribution in [-0.4, -0.2) is 65.8 Å². The minimum atomic E-state index is -1.33. The molecule has 0 spiro atoms. The van der Waals surface area contributed by atoms with E-state index in [0.717, 1.165) is 41.0 Å². The minimum absolute atomic E-state index is 0.304. The standard InChI is InChI=1S/C29H27FN8O2/c1-29(39,22-2-4-24(30)5-3-22)23-12-31-27(32-13-23)19-6-8-36(9-7-19)28-26-10-20(14-38(26)35-18-33-28)21-11-34-37(15-21)25-16-40-17-25/h2-6,10-15,18,25,39H,7-9,16-17H2,1H3. The number of fused-ring (bicyclic) bond motifs is 1. The summed E-state index contributed by atoms with van der Waals surface area (Å²) in [5, 5.41) is 20.0. The number of aliphatic hydroxyl groups is 1. The van der Waals surface area contributed by atoms with Crippen LogP contribution in [0.15, 0.2) is 73.7 Å². The first-order chi connectivity index (χ1) is 19.5. The predicted molar refractivity (Wildman–Crippen MR) is 146 cm³/mol. The zero-order valence-corrected chi connectivity index (χ0v) is 21.9. The number of ether oxygens (including phenoxy) is 1. The van der Waals surface area contributed by atoms with Crippen LogP contribution in [-0.2, 0) is 10.3 Å². The molecular weight excluding hydrogens is 511 g/mol. The van der Waals surface area contributed by atoms with E-state index in [1.165, 1.54) is 12.1 Å². The molecule has 1 fully saturated rings. The van der Waals surface area contributed by atoms with E-state index >= 15 is 0 Å². The Bertz CT molecular complexity index is 1700. The Labute approximate surface area is 229 Å². The number of hydrogen-bond acceptors (Lipinski definition) is 8. The second-order valence-electron chi connectivity index (χ2n) is 10.3. The molecule has 40 heavy (non-hydrogen) atoms. The van der Waals surface area contributed by atoms with Crippen molar-refractivity contribution in [1.29, 1.82) is 0 Å². The predicted octanol–water partition coefficient (Wildman–Crippen LogP) is 3.64. The molecule has 1 aromatic carbocycles. The van der Waals surface area contributed by atoms with Crippen molar-refractivity contribution in [2.45, 2.75) is 25.0 Å². The van der Waals surface area contributed by atoms with Crippen LogP contribution in [0.1, 0.15) is 36.3 Å². The van der Waals surface area contributed by atoms with Gasteiger partial charge in [-0.2, -0.15) is 10.2 Å². The van der Waals surface area contributed by atoms with Crippen molar-refractivity contribution in [3.8, 4) is 11.1 Å². The molecule has 10 nitrogen and oxygen atoms in total. The number of halogens is 1. The Kier molecular flexibility index (Phi) is 5.90. The molecular formula is C29H27FN8O2. The summed E-state index contributed by atoms with van der Waals surface area (Å²) in [7, 11) is 0. The maximum atomic E-state index is 13.3. The third kappa shape index (κ3) is 4.33. The molecule has 0 saturated carbocycles. The van der Waals surface area contributed by atoms with E-state index in [-0.39, 0.29) is 5.82 Å². The van der Waals surface area contributed by atoms with Gasteiger partial charge in [0.25, 0.3) is 0 Å². The average molecular weight is 539 g/mol. The summed E-state index contributed by atoms with van der Waals surface area (Å²) in [5.74, 6) is 1.14. The van der Waals surface area contributed by atoms with Gasteiger partial charge in [-0.15, -0.1) is 0 Å². The highest BCUT2D eigenvalue weighted by Gasteiger charge is 2.27. The fourth-order valence-electron chi connectivity index (χ4n) is 5.13. The largest absolute Gasteiger partial charge is 0.381 e. The Morgan fingerprint density at radius 2 is 1.77 bits per heavy atom. The highest BCUT2D eigenvalue weighted by molar-refractivity contribution is 5.78. The molecule has 4 aromatic heterocycles. The molecule has 7 rings (SSSR count). The van der Waals surface area contributed by atoms with Crippen LogP contribution in [0, 0.1) is 5.82 Å². The molecule has 0 aliphatic carbocycles. The Hall–Kier alpha value is -4.48. The van der Waals surface area contributed by atoms with Crippen molar-refractivity contribution in [2.75, 3.05) is 31.2 Å². The smallest absolute Gasteiger partial charge is 0.156 e. The maximum absolute atomic E-state index is 13.3. The molecule has 5 aromatic rings. The molecule has 0 radical (unpaired) electrons. The van der Waals surface area contributed by atoms with Gasteiger partial charge >= 0.3 is 0 Å². The van der Waals surface area contributed by atoms with Crippen molar-refractivity contribution < 1.29 is 14.2 Å². The molecule has 2 aliphatic heterocycles. The summed E-state index contributed by atoms with van der Waals surface area (Å²) in [4.78, 5) is 15.9. The van der Waals surface area contributed by atoms with Crippen molar-refractivity contribution in [3.63, 3.8) is 0 Å². The second-order valence-corrected chi connectivity index (χ2v) is 10.3. The van der Waals surface area contributed by atoms with Gasteiger partial charge < -0.3 is 14.7 Å². The van der Waals surface area contributed by atoms with E-state index in [1.807, 2.05) is 21.6 Å². The van der Waals surface area contributed by atoms with Crippen LogP contribution >= 0.6 is 0 Å². The molecule has 1 saturated heterocycles. The van der Waals surface area contributed by atoms with Crippen LogP contribution < -0.4 is 4.90 Å². The minimum Gasteiger partial charge on any atom is -0.381 e. The van der Waals surface area contributed by atoms with Gasteiger partial charge in [-0.05, 0) is 42.7 Å². The van der Waals surface area contributed by atoms with Gasteiger partial charge in [-0.1, -0.05) is 18.2 Å². The third-order valence-corrected chi connectivity index (χ3v) is 7.73. The third-order valence-electron chi connectivity index (χ3n) is 7.73. The summed E-state index contributed by atoms with van der Waals surface area (Å²) < 4.78 is 22.4. The van der Waals surface area contributed by atoms with Crippen molar-refractivity contribution in [2.24, 2.45) is 0 Å². The highest BCUT2D eigenvalue weighted by atomic mass is 19.1. The van der Waals surface area contributed by atoms with E-state index in [2.05, 4.69) is 48.4 Å². The van der Waals surface area contributed by atoms with Gasteiger partial charge in [-0.25, -0.2) is 23.9 Å². The summed E-state index contributed by atoms with van der Waals surface area (Å²) in [6.45, 7) is 4.45. The number of nitrogens with zero attached hydrogens (tertiary/aromatic N) is 8. The summed E-state index contributed by atoms with van der Waals surface area (Å²) in [6, 6.07) is 8.20. The first kappa shape index (κ1) is 24.6. The summed E-state index contributed by atoms with van der Waals surface area (Å²) in [5.41, 5.74) is 3.82. The van der Waals surface area contributed by atoms with E-state index in [0.29, 0.717) is 42.8 Å². The summed E-state index contributed by atoms with van der Waals surface area (Å²) >= 11 is 0. The van der Waals surface area contributed by atoms with Crippen molar-refractivity contribution in [1.82, 2.24) is 34.3 Å². The van der Waals surface area contributed by atoms with Crippen molar-refractivity contribution >= 4 is 16.9 Å². The topological polar surface area (TPSA) is 106 Å². The van der Waals surface area contributed by atoms with Crippen LogP contribution in [0.4, 0.5) is 10.2 Å². The zero-order chi connectivity index (χ0) is 27.3. The van der Waals surface area contributed by atoms with E-state index in [1.54, 1.807) is 37.8 Å². The molecule has 11 heteroatoms. The molecule has 0 bridgehead atoms. The number of anilines is 1. The van der Waals surface area contributed by atoms with Crippen molar-refractivity contribution in [3.05, 3.63) is 96.5 Å². The number of hydrogen-bond donors (Lipinski definition) is 1. The van der Waals surface area contributed by atoms with E-state index in [4.69, 9.17) is 4.74 Å². The molecule has 1 unspecified atom stereocenters. The average Bonchev–Trinajstić information content (AvgIpc) is 3.60. The van der Waals surface area contributed by atoms with Crippen LogP contribution in [0.3, 0.4) is 0 Å². The quantitative estimate of drug-likeness (QED) is 0.349. The number of aromatic nitrogens is 7. The van der Waals surface area contributed by atoms with Gasteiger partial charge in [0.15, 0.2) is 11.6 Å². The van der Waals surface area contributed by atoms with Gasteiger partial charge in [0.1, 0.15) is 23.3 Å². The molecule has 202 valence electrons. The van der Waals surface area contributed by atoms with Gasteiger partial charge in [0, 0.05) is 54.6 Å². The zero-order valence-electron chi connectivity index (χ0n) is 21.9. The van der Waals surface area contributed by atoms with Gasteiger partial charge in [0.2, 0.25) is 0 Å². The number of rotatable bonds is 6. The molecule has 1 atom stereocenters. The highest BCUT2D eigenvalue weighted by Crippen LogP contribution is 2.31. The molecule has 1 N–H and O–H groups in total. The molecule has 2 aliphatic rings. The number of benzene rings is 1. The fraction of sp³-hybridized carbons (Fsp3) is 0.276. The first-order valence-electron chi connectivity index (χ1n) is 13.2. The lowest BCUT2D eigenvalue weighted by Crippen LogP contribution is -2.30. The fourth-order valence-corrected chi connectivity index (χ4v) is 5.13. The Morgan fingerprint density at radius 1 is 0.975 bits per heavy atom. The van der Waals surface area contributed by atoms with E-state index < -0.39 is 5.60 Å². The van der Waals surface area contributed by atoms with Gasteiger partial charge in [-0.3, -0.25) is 4.68 Å². The van der Waals surface area contributed by atoms with Crippen LogP contribution in [0.2, 0.25) is 0 Å². The lowest BCUT2D eigenvalue weighted by Gasteiger charge is -2.27. The Morgan fingerprint density at radius 3 is 2.48 bits per heavy atom. The lowest BCUT2D eigenvalue weighted by atomic mass is 9.90. The molecule has 6 heterocycles. The van der Waals surface area contributed by atoms with Gasteiger partial charge in [0.05, 0.1) is 25.5 Å². The van der Waals surface area contributed by atoms with Crippen LogP contribution in [0.5, 0.6) is 0 Å². The second kappa shape index (κ2) is 9.61. The lowest BCUT2D eigenvalue weighted by molar-refractivity contribution is -0.0286. The first-order valence-corrected chi connectivity index (χ1v) is 13.2. The SMILES string of the molecule is CC(O)(c1ccc(F)cc1)c1cnc(C2=CCN(c3ncnn4cc(-c5cnn(C6COC6)c5)cc34)CC2)nc1. The maximum Gasteiger partial charge on any atom is 0.156 e. The molecule has 0 amide bonds. The normalized spacial score (nSPS) is 17.5. The van der Waals surface area contributed by atoms with E-state index in [9.17, 15) is 9.50 Å². The summed E-state index contributed by atoms with van der Waals surface area (Å²) in [6.07, 6.45) is 13.6. The monoisotopic (exact) mass is 538 g/mol. The van der Waals surface area contributed by atoms with Crippen LogP contribution in [0.25, 0.3) is 22.2 Å². The Balaban J connectivity index is 1.09.